The average Bonchev–Trinajstić information content (AvgIpc) is 3.00. The highest BCUT2D eigenvalue weighted by Crippen LogP contribution is 2.27. The van der Waals surface area contributed by atoms with E-state index in [1.54, 1.807) is 38.1 Å². The number of carbonyl (C=O) groups is 4. The fourth-order valence-corrected chi connectivity index (χ4v) is 3.55. The van der Waals surface area contributed by atoms with Crippen molar-refractivity contribution in [2.24, 2.45) is 5.92 Å². The van der Waals surface area contributed by atoms with E-state index < -0.39 is 35.8 Å². The molecule has 1 N–H and O–H groups in total. The second-order valence-electron chi connectivity index (χ2n) is 7.82. The fraction of sp³-hybridized carbons (Fsp3) is 0.333. The van der Waals surface area contributed by atoms with Crippen LogP contribution in [-0.2, 0) is 20.7 Å². The van der Waals surface area contributed by atoms with Crippen LogP contribution >= 0.6 is 0 Å². The van der Waals surface area contributed by atoms with Crippen molar-refractivity contribution in [1.29, 1.82) is 0 Å². The zero-order valence-electron chi connectivity index (χ0n) is 17.8. The first kappa shape index (κ1) is 22.2. The Morgan fingerprint density at radius 2 is 1.45 bits per heavy atom. The first-order valence-electron chi connectivity index (χ1n) is 10.3. The Balaban J connectivity index is 1.62. The highest BCUT2D eigenvalue weighted by Gasteiger charge is 2.45. The van der Waals surface area contributed by atoms with E-state index in [1.807, 2.05) is 30.3 Å². The summed E-state index contributed by atoms with van der Waals surface area (Å²) < 4.78 is 5.35. The lowest BCUT2D eigenvalue weighted by molar-refractivity contribution is -0.159. The summed E-state index contributed by atoms with van der Waals surface area (Å²) in [4.78, 5) is 51.7. The van der Waals surface area contributed by atoms with Crippen LogP contribution in [0.25, 0.3) is 0 Å². The molecule has 0 fully saturated rings. The second kappa shape index (κ2) is 9.55. The van der Waals surface area contributed by atoms with Crippen LogP contribution in [0.4, 0.5) is 0 Å². The molecule has 0 radical (unpaired) electrons. The van der Waals surface area contributed by atoms with Crippen molar-refractivity contribution in [1.82, 2.24) is 10.2 Å². The maximum atomic E-state index is 12.9. The maximum absolute atomic E-state index is 12.9. The maximum Gasteiger partial charge on any atom is 0.330 e. The monoisotopic (exact) mass is 422 g/mol. The van der Waals surface area contributed by atoms with E-state index in [2.05, 4.69) is 5.32 Å². The zero-order valence-corrected chi connectivity index (χ0v) is 17.8. The third kappa shape index (κ3) is 4.82. The van der Waals surface area contributed by atoms with Gasteiger partial charge in [0.05, 0.1) is 11.1 Å². The fourth-order valence-electron chi connectivity index (χ4n) is 3.55. The Hall–Kier alpha value is -3.48. The number of carbonyl (C=O) groups excluding carboxylic acids is 4. The number of hydrogen-bond donors (Lipinski definition) is 1. The SMILES string of the molecule is CC(C)[C@H](C(=O)O[C@H](C)C(=O)NCCc1ccccc1)N1C(=O)c2ccccc2C1=O. The molecular formula is C24H26N2O5. The molecule has 31 heavy (non-hydrogen) atoms. The molecule has 1 heterocycles. The lowest BCUT2D eigenvalue weighted by Gasteiger charge is -2.28. The summed E-state index contributed by atoms with van der Waals surface area (Å²) >= 11 is 0. The lowest BCUT2D eigenvalue weighted by Crippen LogP contribution is -2.50. The summed E-state index contributed by atoms with van der Waals surface area (Å²) in [7, 11) is 0. The molecule has 2 aromatic rings. The molecule has 1 aliphatic heterocycles. The van der Waals surface area contributed by atoms with Crippen molar-refractivity contribution in [2.45, 2.75) is 39.3 Å². The Morgan fingerprint density at radius 1 is 0.903 bits per heavy atom. The van der Waals surface area contributed by atoms with Crippen LogP contribution in [0.15, 0.2) is 54.6 Å². The first-order valence-corrected chi connectivity index (χ1v) is 10.3. The summed E-state index contributed by atoms with van der Waals surface area (Å²) in [6, 6.07) is 15.0. The van der Waals surface area contributed by atoms with Gasteiger partial charge in [0.2, 0.25) is 0 Å². The molecule has 0 unspecified atom stereocenters. The molecule has 2 atom stereocenters. The van der Waals surface area contributed by atoms with Gasteiger partial charge in [-0.3, -0.25) is 19.3 Å². The Kier molecular flexibility index (Phi) is 6.84. The minimum Gasteiger partial charge on any atom is -0.451 e. The molecule has 3 rings (SSSR count). The van der Waals surface area contributed by atoms with Crippen LogP contribution in [-0.4, -0.2) is 47.3 Å². The quantitative estimate of drug-likeness (QED) is 0.521. The van der Waals surface area contributed by atoms with Crippen LogP contribution in [0.1, 0.15) is 47.1 Å². The molecule has 0 aliphatic carbocycles. The summed E-state index contributed by atoms with van der Waals surface area (Å²) in [5, 5.41) is 2.74. The molecule has 7 nitrogen and oxygen atoms in total. The minimum atomic E-state index is -1.12. The van der Waals surface area contributed by atoms with Crippen molar-refractivity contribution < 1.29 is 23.9 Å². The molecule has 0 saturated carbocycles. The van der Waals surface area contributed by atoms with Crippen LogP contribution in [0.5, 0.6) is 0 Å². The number of esters is 1. The lowest BCUT2D eigenvalue weighted by atomic mass is 10.0. The van der Waals surface area contributed by atoms with Gasteiger partial charge in [0.25, 0.3) is 17.7 Å². The molecule has 0 saturated heterocycles. The number of hydrogen-bond acceptors (Lipinski definition) is 5. The van der Waals surface area contributed by atoms with Gasteiger partial charge in [0.1, 0.15) is 6.04 Å². The highest BCUT2D eigenvalue weighted by molar-refractivity contribution is 6.22. The van der Waals surface area contributed by atoms with Crippen molar-refractivity contribution in [2.75, 3.05) is 6.54 Å². The summed E-state index contributed by atoms with van der Waals surface area (Å²) in [6.45, 7) is 5.31. The molecule has 3 amide bonds. The van der Waals surface area contributed by atoms with Crippen LogP contribution in [0, 0.1) is 5.92 Å². The predicted octanol–water partition coefficient (Wildman–Crippen LogP) is 2.60. The number of fused-ring (bicyclic) bond motifs is 1. The summed E-state index contributed by atoms with van der Waals surface area (Å²) in [5.41, 5.74) is 1.60. The van der Waals surface area contributed by atoms with Crippen molar-refractivity contribution in [3.05, 3.63) is 71.3 Å². The number of nitrogens with one attached hydrogen (secondary N) is 1. The van der Waals surface area contributed by atoms with Gasteiger partial charge >= 0.3 is 5.97 Å². The zero-order chi connectivity index (χ0) is 22.5. The Labute approximate surface area is 181 Å². The highest BCUT2D eigenvalue weighted by atomic mass is 16.5. The number of amides is 3. The molecule has 162 valence electrons. The van der Waals surface area contributed by atoms with Crippen molar-refractivity contribution >= 4 is 23.7 Å². The molecule has 0 spiro atoms. The third-order valence-electron chi connectivity index (χ3n) is 5.19. The van der Waals surface area contributed by atoms with E-state index in [9.17, 15) is 19.2 Å². The largest absolute Gasteiger partial charge is 0.451 e. The second-order valence-corrected chi connectivity index (χ2v) is 7.82. The van der Waals surface area contributed by atoms with Crippen LogP contribution in [0.2, 0.25) is 0 Å². The first-order chi connectivity index (χ1) is 14.8. The van der Waals surface area contributed by atoms with Gasteiger partial charge < -0.3 is 10.1 Å². The smallest absolute Gasteiger partial charge is 0.330 e. The molecule has 0 aromatic heterocycles. The van der Waals surface area contributed by atoms with Gasteiger partial charge in [-0.05, 0) is 37.0 Å². The van der Waals surface area contributed by atoms with Crippen molar-refractivity contribution in [3.63, 3.8) is 0 Å². The third-order valence-corrected chi connectivity index (χ3v) is 5.19. The molecular weight excluding hydrogens is 396 g/mol. The van der Waals surface area contributed by atoms with E-state index in [4.69, 9.17) is 4.74 Å². The van der Waals surface area contributed by atoms with E-state index >= 15 is 0 Å². The minimum absolute atomic E-state index is 0.262. The predicted molar refractivity (Wildman–Crippen MR) is 114 cm³/mol. The molecule has 0 bridgehead atoms. The molecule has 7 heteroatoms. The number of benzene rings is 2. The number of nitrogens with zero attached hydrogens (tertiary/aromatic N) is 1. The topological polar surface area (TPSA) is 92.8 Å². The van der Waals surface area contributed by atoms with Gasteiger partial charge in [0, 0.05) is 6.54 Å². The van der Waals surface area contributed by atoms with E-state index in [1.165, 1.54) is 6.92 Å². The van der Waals surface area contributed by atoms with E-state index in [0.717, 1.165) is 10.5 Å². The summed E-state index contributed by atoms with van der Waals surface area (Å²) in [5.74, 6) is -2.67. The number of imide groups is 1. The van der Waals surface area contributed by atoms with E-state index in [-0.39, 0.29) is 17.0 Å². The Morgan fingerprint density at radius 3 is 2.00 bits per heavy atom. The van der Waals surface area contributed by atoms with Gasteiger partial charge in [-0.25, -0.2) is 4.79 Å². The number of rotatable bonds is 8. The number of ether oxygens (including phenoxy) is 1. The average molecular weight is 422 g/mol. The molecule has 2 aromatic carbocycles. The van der Waals surface area contributed by atoms with Gasteiger partial charge in [0.15, 0.2) is 6.10 Å². The van der Waals surface area contributed by atoms with E-state index in [0.29, 0.717) is 13.0 Å². The van der Waals surface area contributed by atoms with Crippen LogP contribution in [0.3, 0.4) is 0 Å². The van der Waals surface area contributed by atoms with Crippen LogP contribution < -0.4 is 5.32 Å². The Bertz CT molecular complexity index is 951. The standard InChI is InChI=1S/C24H26N2O5/c1-15(2)20(26-22(28)18-11-7-8-12-19(18)23(26)29)24(30)31-16(3)21(27)25-14-13-17-9-5-4-6-10-17/h4-12,15-16,20H,13-14H2,1-3H3,(H,25,27)/t16-,20-/m1/s1. The van der Waals surface area contributed by atoms with Gasteiger partial charge in [-0.2, -0.15) is 0 Å². The van der Waals surface area contributed by atoms with Gasteiger partial charge in [-0.15, -0.1) is 0 Å². The van der Waals surface area contributed by atoms with Gasteiger partial charge in [-0.1, -0.05) is 56.3 Å². The van der Waals surface area contributed by atoms with Crippen molar-refractivity contribution in [3.8, 4) is 0 Å². The summed E-state index contributed by atoms with van der Waals surface area (Å²) in [6.07, 6.45) is -0.406. The normalized spacial score (nSPS) is 14.9. The molecule has 1 aliphatic rings.